The van der Waals surface area contributed by atoms with Crippen LogP contribution in [-0.2, 0) is 4.79 Å². The van der Waals surface area contributed by atoms with Crippen molar-refractivity contribution in [3.05, 3.63) is 60.2 Å². The summed E-state index contributed by atoms with van der Waals surface area (Å²) in [6.07, 6.45) is 1.06. The van der Waals surface area contributed by atoms with Crippen LogP contribution in [-0.4, -0.2) is 43.0 Å². The summed E-state index contributed by atoms with van der Waals surface area (Å²) in [5.41, 5.74) is 3.43. The molecule has 1 N–H and O–H groups in total. The first-order valence-electron chi connectivity index (χ1n) is 10.0. The molecule has 2 aromatic rings. The number of nitrogens with one attached hydrogen (secondary N) is 1. The van der Waals surface area contributed by atoms with Crippen LogP contribution in [0.2, 0.25) is 0 Å². The molecule has 3 rings (SSSR count). The number of para-hydroxylation sites is 2. The zero-order valence-corrected chi connectivity index (χ0v) is 16.7. The third kappa shape index (κ3) is 4.69. The molecule has 4 nitrogen and oxygen atoms in total. The molecule has 0 spiro atoms. The van der Waals surface area contributed by atoms with Crippen LogP contribution in [0.1, 0.15) is 38.7 Å². The van der Waals surface area contributed by atoms with Crippen LogP contribution in [0.4, 0.5) is 11.4 Å². The van der Waals surface area contributed by atoms with Gasteiger partial charge in [0, 0.05) is 37.6 Å². The number of rotatable bonds is 6. The molecule has 2 atom stereocenters. The van der Waals surface area contributed by atoms with Gasteiger partial charge in [-0.05, 0) is 43.0 Å². The van der Waals surface area contributed by atoms with Gasteiger partial charge in [0.1, 0.15) is 0 Å². The summed E-state index contributed by atoms with van der Waals surface area (Å²) >= 11 is 0. The van der Waals surface area contributed by atoms with E-state index in [1.165, 1.54) is 11.3 Å². The van der Waals surface area contributed by atoms with Crippen molar-refractivity contribution < 1.29 is 4.79 Å². The molecule has 0 bridgehead atoms. The van der Waals surface area contributed by atoms with Crippen molar-refractivity contribution in [2.24, 2.45) is 0 Å². The van der Waals surface area contributed by atoms with E-state index in [1.807, 2.05) is 31.2 Å². The Morgan fingerprint density at radius 1 is 0.963 bits per heavy atom. The Morgan fingerprint density at radius 2 is 1.59 bits per heavy atom. The lowest BCUT2D eigenvalue weighted by molar-refractivity contribution is -0.120. The SMILES string of the molecule is CC[C@@H](C)c1ccccc1NC(=O)[C@@H](C)N1CCN(c2ccccc2)CC1. The van der Waals surface area contributed by atoms with Gasteiger partial charge < -0.3 is 10.2 Å². The number of benzene rings is 2. The molecule has 1 aliphatic rings. The second kappa shape index (κ2) is 9.05. The number of nitrogens with zero attached hydrogens (tertiary/aromatic N) is 2. The molecule has 0 aromatic heterocycles. The van der Waals surface area contributed by atoms with Gasteiger partial charge >= 0.3 is 0 Å². The van der Waals surface area contributed by atoms with Gasteiger partial charge in [-0.25, -0.2) is 0 Å². The van der Waals surface area contributed by atoms with Crippen LogP contribution in [0, 0.1) is 0 Å². The quantitative estimate of drug-likeness (QED) is 0.827. The Kier molecular flexibility index (Phi) is 6.51. The van der Waals surface area contributed by atoms with Crippen LogP contribution in [0.15, 0.2) is 54.6 Å². The Labute approximate surface area is 163 Å². The van der Waals surface area contributed by atoms with Crippen molar-refractivity contribution in [3.8, 4) is 0 Å². The number of hydrogen-bond acceptors (Lipinski definition) is 3. The molecule has 0 aliphatic carbocycles. The summed E-state index contributed by atoms with van der Waals surface area (Å²) in [5, 5.41) is 3.17. The molecule has 0 radical (unpaired) electrons. The van der Waals surface area contributed by atoms with Crippen LogP contribution in [0.5, 0.6) is 0 Å². The zero-order chi connectivity index (χ0) is 19.2. The van der Waals surface area contributed by atoms with Crippen molar-refractivity contribution in [3.63, 3.8) is 0 Å². The fourth-order valence-electron chi connectivity index (χ4n) is 3.67. The van der Waals surface area contributed by atoms with E-state index in [1.54, 1.807) is 0 Å². The Bertz CT molecular complexity index is 738. The first-order valence-corrected chi connectivity index (χ1v) is 10.0. The summed E-state index contributed by atoms with van der Waals surface area (Å²) in [6.45, 7) is 10.1. The summed E-state index contributed by atoms with van der Waals surface area (Å²) in [5.74, 6) is 0.519. The van der Waals surface area contributed by atoms with E-state index in [9.17, 15) is 4.79 Å². The average Bonchev–Trinajstić information content (AvgIpc) is 2.73. The topological polar surface area (TPSA) is 35.6 Å². The molecule has 1 saturated heterocycles. The second-order valence-corrected chi connectivity index (χ2v) is 7.42. The molecule has 0 saturated carbocycles. The van der Waals surface area contributed by atoms with Gasteiger partial charge in [-0.2, -0.15) is 0 Å². The van der Waals surface area contributed by atoms with Gasteiger partial charge in [0.05, 0.1) is 6.04 Å². The fraction of sp³-hybridized carbons (Fsp3) is 0.435. The van der Waals surface area contributed by atoms with Crippen molar-refractivity contribution >= 4 is 17.3 Å². The van der Waals surface area contributed by atoms with Crippen LogP contribution in [0.25, 0.3) is 0 Å². The minimum atomic E-state index is -0.132. The largest absolute Gasteiger partial charge is 0.369 e. The predicted octanol–water partition coefficient (Wildman–Crippen LogP) is 4.35. The maximum absolute atomic E-state index is 12.9. The van der Waals surface area contributed by atoms with E-state index in [0.717, 1.165) is 38.3 Å². The zero-order valence-electron chi connectivity index (χ0n) is 16.7. The minimum absolute atomic E-state index is 0.0823. The molecule has 1 aliphatic heterocycles. The lowest BCUT2D eigenvalue weighted by Gasteiger charge is -2.38. The number of anilines is 2. The summed E-state index contributed by atoms with van der Waals surface area (Å²) < 4.78 is 0. The highest BCUT2D eigenvalue weighted by Crippen LogP contribution is 2.27. The normalized spacial score (nSPS) is 17.4. The van der Waals surface area contributed by atoms with Gasteiger partial charge in [-0.3, -0.25) is 9.69 Å². The number of amides is 1. The Morgan fingerprint density at radius 3 is 2.26 bits per heavy atom. The molecular weight excluding hydrogens is 334 g/mol. The van der Waals surface area contributed by atoms with Crippen LogP contribution in [0.3, 0.4) is 0 Å². The highest BCUT2D eigenvalue weighted by atomic mass is 16.2. The fourth-order valence-corrected chi connectivity index (χ4v) is 3.67. The van der Waals surface area contributed by atoms with Gasteiger partial charge in [0.2, 0.25) is 5.91 Å². The van der Waals surface area contributed by atoms with Crippen LogP contribution < -0.4 is 10.2 Å². The van der Waals surface area contributed by atoms with Gasteiger partial charge in [-0.1, -0.05) is 50.2 Å². The van der Waals surface area contributed by atoms with E-state index in [-0.39, 0.29) is 11.9 Å². The first kappa shape index (κ1) is 19.4. The molecule has 2 aromatic carbocycles. The van der Waals surface area contributed by atoms with Crippen molar-refractivity contribution in [1.82, 2.24) is 4.90 Å². The summed E-state index contributed by atoms with van der Waals surface area (Å²) in [6, 6.07) is 18.5. The van der Waals surface area contributed by atoms with Gasteiger partial charge in [0.25, 0.3) is 0 Å². The summed E-state index contributed by atoms with van der Waals surface area (Å²) in [7, 11) is 0. The van der Waals surface area contributed by atoms with Crippen molar-refractivity contribution in [2.75, 3.05) is 36.4 Å². The van der Waals surface area contributed by atoms with Crippen LogP contribution >= 0.6 is 0 Å². The first-order chi connectivity index (χ1) is 13.1. The molecule has 1 heterocycles. The molecule has 144 valence electrons. The third-order valence-corrected chi connectivity index (χ3v) is 5.72. The average molecular weight is 366 g/mol. The maximum atomic E-state index is 12.9. The van der Waals surface area contributed by atoms with Gasteiger partial charge in [0.15, 0.2) is 0 Å². The summed E-state index contributed by atoms with van der Waals surface area (Å²) in [4.78, 5) is 17.5. The smallest absolute Gasteiger partial charge is 0.241 e. The number of hydrogen-bond donors (Lipinski definition) is 1. The van der Waals surface area contributed by atoms with E-state index in [2.05, 4.69) is 59.3 Å². The second-order valence-electron chi connectivity index (χ2n) is 7.42. The minimum Gasteiger partial charge on any atom is -0.369 e. The number of carbonyl (C=O) groups excluding carboxylic acids is 1. The number of piperazine rings is 1. The van der Waals surface area contributed by atoms with Gasteiger partial charge in [-0.15, -0.1) is 0 Å². The van der Waals surface area contributed by atoms with Crippen molar-refractivity contribution in [2.45, 2.75) is 39.2 Å². The standard InChI is InChI=1S/C23H31N3O/c1-4-18(2)21-12-8-9-13-22(21)24-23(27)19(3)25-14-16-26(17-15-25)20-10-6-5-7-11-20/h5-13,18-19H,4,14-17H2,1-3H3,(H,24,27)/t18-,19-/m1/s1. The maximum Gasteiger partial charge on any atom is 0.241 e. The third-order valence-electron chi connectivity index (χ3n) is 5.72. The molecule has 0 unspecified atom stereocenters. The predicted molar refractivity (Wildman–Crippen MR) is 113 cm³/mol. The number of carbonyl (C=O) groups is 1. The van der Waals surface area contributed by atoms with Crippen molar-refractivity contribution in [1.29, 1.82) is 0 Å². The monoisotopic (exact) mass is 365 g/mol. The Balaban J connectivity index is 1.59. The highest BCUT2D eigenvalue weighted by Gasteiger charge is 2.26. The lowest BCUT2D eigenvalue weighted by Crippen LogP contribution is -2.52. The molecule has 27 heavy (non-hydrogen) atoms. The van der Waals surface area contributed by atoms with E-state index in [0.29, 0.717) is 5.92 Å². The highest BCUT2D eigenvalue weighted by molar-refractivity contribution is 5.95. The van der Waals surface area contributed by atoms with E-state index < -0.39 is 0 Å². The van der Waals surface area contributed by atoms with E-state index >= 15 is 0 Å². The molecular formula is C23H31N3O. The van der Waals surface area contributed by atoms with E-state index in [4.69, 9.17) is 0 Å². The molecule has 1 fully saturated rings. The Hall–Kier alpha value is -2.33. The molecule has 4 heteroatoms. The molecule has 1 amide bonds. The lowest BCUT2D eigenvalue weighted by atomic mass is 9.97.